The molecule has 1 heterocycles. The van der Waals surface area contributed by atoms with Crippen LogP contribution in [0, 0.1) is 11.3 Å². The fourth-order valence-corrected chi connectivity index (χ4v) is 1.75. The number of nitrogens with zero attached hydrogens (tertiary/aromatic N) is 2. The largest absolute Gasteiger partial charge is 0.489 e. The number of benzene rings is 1. The van der Waals surface area contributed by atoms with Crippen molar-refractivity contribution in [2.24, 2.45) is 0 Å². The summed E-state index contributed by atoms with van der Waals surface area (Å²) in [5, 5.41) is 18.8. The zero-order valence-electron chi connectivity index (χ0n) is 10.4. The van der Waals surface area contributed by atoms with Crippen molar-refractivity contribution in [3.05, 3.63) is 48.3 Å². The normalized spacial score (nSPS) is 11.8. The number of aliphatic hydroxyl groups excluding tert-OH is 1. The summed E-state index contributed by atoms with van der Waals surface area (Å²) in [4.78, 5) is 0. The van der Waals surface area contributed by atoms with Crippen molar-refractivity contribution >= 4 is 5.69 Å². The first-order valence-electron chi connectivity index (χ1n) is 5.91. The van der Waals surface area contributed by atoms with Crippen molar-refractivity contribution in [1.29, 1.82) is 5.26 Å². The number of rotatable bonds is 5. The number of ether oxygens (including phenoxy) is 1. The van der Waals surface area contributed by atoms with E-state index in [1.807, 2.05) is 12.1 Å². The summed E-state index contributed by atoms with van der Waals surface area (Å²) in [5.74, 6) is 0.551. The minimum atomic E-state index is -0.709. The number of hydrogen-bond acceptors (Lipinski definition) is 4. The first-order chi connectivity index (χ1) is 9.20. The van der Waals surface area contributed by atoms with Gasteiger partial charge in [-0.15, -0.1) is 0 Å². The highest BCUT2D eigenvalue weighted by Gasteiger charge is 2.09. The molecule has 0 spiro atoms. The lowest BCUT2D eigenvalue weighted by Gasteiger charge is -2.14. The third kappa shape index (κ3) is 3.27. The van der Waals surface area contributed by atoms with Gasteiger partial charge in [0.15, 0.2) is 0 Å². The summed E-state index contributed by atoms with van der Waals surface area (Å²) in [6.07, 6.45) is 1.04. The van der Waals surface area contributed by atoms with Crippen LogP contribution in [0.4, 0.5) is 5.69 Å². The van der Waals surface area contributed by atoms with Crippen LogP contribution in [0.5, 0.6) is 5.75 Å². The van der Waals surface area contributed by atoms with E-state index in [0.717, 1.165) is 0 Å². The number of aromatic nitrogens is 1. The number of nitriles is 1. The molecule has 5 heteroatoms. The summed E-state index contributed by atoms with van der Waals surface area (Å²) in [6, 6.07) is 12.6. The molecule has 0 amide bonds. The van der Waals surface area contributed by atoms with Crippen molar-refractivity contribution in [3.63, 3.8) is 0 Å². The Hall–Kier alpha value is -2.45. The molecule has 1 aromatic heterocycles. The number of hydrogen-bond donors (Lipinski definition) is 2. The molecule has 0 saturated carbocycles. The van der Waals surface area contributed by atoms with Gasteiger partial charge in [-0.2, -0.15) is 5.26 Å². The molecule has 19 heavy (non-hydrogen) atoms. The van der Waals surface area contributed by atoms with Gasteiger partial charge in [0.1, 0.15) is 30.2 Å². The topological polar surface area (TPSA) is 84.2 Å². The Kier molecular flexibility index (Phi) is 4.06. The highest BCUT2D eigenvalue weighted by Crippen LogP contribution is 2.19. The van der Waals surface area contributed by atoms with E-state index in [4.69, 9.17) is 15.7 Å². The summed E-state index contributed by atoms with van der Waals surface area (Å²) in [7, 11) is 0. The molecule has 98 valence electrons. The predicted octanol–water partition coefficient (Wildman–Crippen LogP) is 1.38. The molecule has 1 aromatic carbocycles. The Balaban J connectivity index is 1.91. The van der Waals surface area contributed by atoms with Crippen LogP contribution in [0.15, 0.2) is 42.6 Å². The maximum atomic E-state index is 9.90. The Morgan fingerprint density at radius 3 is 2.84 bits per heavy atom. The molecule has 0 radical (unpaired) electrons. The van der Waals surface area contributed by atoms with Crippen LogP contribution in [0.25, 0.3) is 0 Å². The molecule has 0 fully saturated rings. The van der Waals surface area contributed by atoms with Gasteiger partial charge in [0.25, 0.3) is 0 Å². The molecule has 2 rings (SSSR count). The zero-order valence-corrected chi connectivity index (χ0v) is 10.4. The summed E-state index contributed by atoms with van der Waals surface area (Å²) < 4.78 is 7.13. The van der Waals surface area contributed by atoms with Crippen LogP contribution in [-0.4, -0.2) is 22.4 Å². The van der Waals surface area contributed by atoms with E-state index in [-0.39, 0.29) is 6.61 Å². The minimum Gasteiger partial charge on any atom is -0.489 e. The second-order valence-electron chi connectivity index (χ2n) is 4.16. The lowest BCUT2D eigenvalue weighted by molar-refractivity contribution is 0.0927. The average Bonchev–Trinajstić information content (AvgIpc) is 2.85. The first-order valence-corrected chi connectivity index (χ1v) is 5.91. The van der Waals surface area contributed by atoms with Crippen LogP contribution in [0.1, 0.15) is 5.69 Å². The van der Waals surface area contributed by atoms with Crippen molar-refractivity contribution < 1.29 is 9.84 Å². The molecular weight excluding hydrogens is 242 g/mol. The maximum Gasteiger partial charge on any atom is 0.142 e. The quantitative estimate of drug-likeness (QED) is 0.792. The van der Waals surface area contributed by atoms with Crippen LogP contribution in [0.3, 0.4) is 0 Å². The average molecular weight is 257 g/mol. The molecule has 1 atom stereocenters. The number of nitrogen functional groups attached to an aromatic ring is 1. The maximum absolute atomic E-state index is 9.90. The second-order valence-corrected chi connectivity index (χ2v) is 4.16. The minimum absolute atomic E-state index is 0.122. The third-order valence-electron chi connectivity index (χ3n) is 2.70. The SMILES string of the molecule is N#Cc1cccn1CC(O)COc1ccccc1N. The van der Waals surface area contributed by atoms with Crippen molar-refractivity contribution in [3.8, 4) is 11.8 Å². The second kappa shape index (κ2) is 5.94. The van der Waals surface area contributed by atoms with Gasteiger partial charge >= 0.3 is 0 Å². The molecule has 0 aliphatic carbocycles. The lowest BCUT2D eigenvalue weighted by Crippen LogP contribution is -2.24. The van der Waals surface area contributed by atoms with E-state index in [1.54, 1.807) is 35.0 Å². The lowest BCUT2D eigenvalue weighted by atomic mass is 10.3. The molecule has 0 saturated heterocycles. The van der Waals surface area contributed by atoms with Crippen LogP contribution in [0.2, 0.25) is 0 Å². The highest BCUT2D eigenvalue weighted by atomic mass is 16.5. The number of aliphatic hydroxyl groups is 1. The van der Waals surface area contributed by atoms with E-state index in [1.165, 1.54) is 0 Å². The molecule has 0 aliphatic heterocycles. The molecule has 2 aromatic rings. The Morgan fingerprint density at radius 1 is 1.32 bits per heavy atom. The van der Waals surface area contributed by atoms with Crippen LogP contribution in [-0.2, 0) is 6.54 Å². The fraction of sp³-hybridized carbons (Fsp3) is 0.214. The first kappa shape index (κ1) is 13.0. The van der Waals surface area contributed by atoms with E-state index < -0.39 is 6.10 Å². The Bertz CT molecular complexity index is 586. The van der Waals surface area contributed by atoms with Crippen LogP contribution < -0.4 is 10.5 Å². The van der Waals surface area contributed by atoms with Crippen molar-refractivity contribution in [2.75, 3.05) is 12.3 Å². The van der Waals surface area contributed by atoms with Crippen LogP contribution >= 0.6 is 0 Å². The van der Waals surface area contributed by atoms with E-state index >= 15 is 0 Å². The van der Waals surface area contributed by atoms with Gasteiger partial charge in [0.05, 0.1) is 12.2 Å². The van der Waals surface area contributed by atoms with E-state index in [2.05, 4.69) is 6.07 Å². The van der Waals surface area contributed by atoms with Gasteiger partial charge in [0, 0.05) is 6.20 Å². The fourth-order valence-electron chi connectivity index (χ4n) is 1.75. The standard InChI is InChI=1S/C14H15N3O2/c15-8-11-4-3-7-17(11)9-12(18)10-19-14-6-2-1-5-13(14)16/h1-7,12,18H,9-10,16H2. The molecule has 5 nitrogen and oxygen atoms in total. The van der Waals surface area contributed by atoms with Gasteiger partial charge in [-0.05, 0) is 24.3 Å². The number of anilines is 1. The predicted molar refractivity (Wildman–Crippen MR) is 71.5 cm³/mol. The van der Waals surface area contributed by atoms with Gasteiger partial charge in [0.2, 0.25) is 0 Å². The van der Waals surface area contributed by atoms with Gasteiger partial charge < -0.3 is 20.1 Å². The Morgan fingerprint density at radius 2 is 2.11 bits per heavy atom. The molecule has 1 unspecified atom stereocenters. The number of nitrogens with two attached hydrogens (primary N) is 1. The third-order valence-corrected chi connectivity index (χ3v) is 2.70. The van der Waals surface area contributed by atoms with Crippen molar-refractivity contribution in [2.45, 2.75) is 12.6 Å². The smallest absolute Gasteiger partial charge is 0.142 e. The van der Waals surface area contributed by atoms with Gasteiger partial charge in [-0.25, -0.2) is 0 Å². The number of para-hydroxylation sites is 2. The van der Waals surface area contributed by atoms with Gasteiger partial charge in [-0.3, -0.25) is 0 Å². The monoisotopic (exact) mass is 257 g/mol. The van der Waals surface area contributed by atoms with E-state index in [9.17, 15) is 5.11 Å². The van der Waals surface area contributed by atoms with Gasteiger partial charge in [-0.1, -0.05) is 12.1 Å². The summed E-state index contributed by atoms with van der Waals surface area (Å²) >= 11 is 0. The highest BCUT2D eigenvalue weighted by molar-refractivity contribution is 5.51. The molecule has 0 aliphatic rings. The Labute approximate surface area is 111 Å². The van der Waals surface area contributed by atoms with Crippen molar-refractivity contribution in [1.82, 2.24) is 4.57 Å². The summed E-state index contributed by atoms with van der Waals surface area (Å²) in [6.45, 7) is 0.430. The molecule has 0 bridgehead atoms. The van der Waals surface area contributed by atoms with E-state index in [0.29, 0.717) is 23.7 Å². The molecule has 3 N–H and O–H groups in total. The summed E-state index contributed by atoms with van der Waals surface area (Å²) in [5.41, 5.74) is 6.78. The molecular formula is C14H15N3O2. The zero-order chi connectivity index (χ0) is 13.7.